The number of anilines is 2. The first-order chi connectivity index (χ1) is 9.67. The number of carbonyl (C=O) groups is 1. The van der Waals surface area contributed by atoms with E-state index in [0.717, 1.165) is 22.7 Å². The fourth-order valence-corrected chi connectivity index (χ4v) is 1.82. The first-order valence-corrected chi connectivity index (χ1v) is 6.42. The zero-order chi connectivity index (χ0) is 14.4. The second-order valence-corrected chi connectivity index (χ2v) is 4.50. The Morgan fingerprint density at radius 2 is 1.85 bits per heavy atom. The Labute approximate surface area is 118 Å². The maximum atomic E-state index is 11.8. The highest BCUT2D eigenvalue weighted by Crippen LogP contribution is 2.15. The summed E-state index contributed by atoms with van der Waals surface area (Å²) in [6.07, 6.45) is 0. The van der Waals surface area contributed by atoms with E-state index in [1.165, 1.54) is 0 Å². The van der Waals surface area contributed by atoms with Crippen molar-refractivity contribution in [2.45, 2.75) is 6.92 Å². The number of methoxy groups -OCH3 is 1. The molecule has 104 valence electrons. The third-order valence-corrected chi connectivity index (χ3v) is 2.84. The molecule has 0 aliphatic carbocycles. The monoisotopic (exact) mass is 270 g/mol. The fraction of sp³-hybridized carbons (Fsp3) is 0.188. The molecule has 0 aliphatic heterocycles. The van der Waals surface area contributed by atoms with Crippen LogP contribution in [0.15, 0.2) is 48.5 Å². The Morgan fingerprint density at radius 1 is 1.10 bits per heavy atom. The molecule has 0 saturated heterocycles. The summed E-state index contributed by atoms with van der Waals surface area (Å²) < 4.78 is 5.08. The average molecular weight is 270 g/mol. The summed E-state index contributed by atoms with van der Waals surface area (Å²) >= 11 is 0. The zero-order valence-electron chi connectivity index (χ0n) is 11.6. The summed E-state index contributed by atoms with van der Waals surface area (Å²) in [6, 6.07) is 15.2. The lowest BCUT2D eigenvalue weighted by Gasteiger charge is -2.09. The van der Waals surface area contributed by atoms with Gasteiger partial charge in [0, 0.05) is 11.4 Å². The van der Waals surface area contributed by atoms with E-state index in [4.69, 9.17) is 4.74 Å². The van der Waals surface area contributed by atoms with Gasteiger partial charge in [0.1, 0.15) is 5.75 Å². The number of hydrogen-bond donors (Lipinski definition) is 2. The molecule has 0 saturated carbocycles. The van der Waals surface area contributed by atoms with Crippen molar-refractivity contribution >= 4 is 17.3 Å². The predicted molar refractivity (Wildman–Crippen MR) is 81.3 cm³/mol. The average Bonchev–Trinajstić information content (AvgIpc) is 2.46. The molecular weight excluding hydrogens is 252 g/mol. The van der Waals surface area contributed by atoms with E-state index in [1.807, 2.05) is 55.5 Å². The third-order valence-electron chi connectivity index (χ3n) is 2.84. The number of aryl methyl sites for hydroxylation is 1. The number of hydrogen-bond acceptors (Lipinski definition) is 3. The third kappa shape index (κ3) is 4.02. The second kappa shape index (κ2) is 6.61. The van der Waals surface area contributed by atoms with Crippen LogP contribution in [-0.2, 0) is 4.79 Å². The molecule has 2 aromatic rings. The van der Waals surface area contributed by atoms with Gasteiger partial charge in [0.15, 0.2) is 0 Å². The van der Waals surface area contributed by atoms with Gasteiger partial charge in [-0.25, -0.2) is 0 Å². The molecule has 0 unspecified atom stereocenters. The molecule has 4 heteroatoms. The van der Waals surface area contributed by atoms with Gasteiger partial charge in [-0.1, -0.05) is 12.1 Å². The van der Waals surface area contributed by atoms with Gasteiger partial charge in [0.2, 0.25) is 5.91 Å². The molecule has 0 fully saturated rings. The number of rotatable bonds is 5. The topological polar surface area (TPSA) is 50.4 Å². The lowest BCUT2D eigenvalue weighted by atomic mass is 10.2. The van der Waals surface area contributed by atoms with Crippen molar-refractivity contribution in [3.63, 3.8) is 0 Å². The van der Waals surface area contributed by atoms with E-state index in [-0.39, 0.29) is 12.5 Å². The summed E-state index contributed by atoms with van der Waals surface area (Å²) in [4.78, 5) is 11.8. The SMILES string of the molecule is COc1ccc(NCC(=O)Nc2cccc(C)c2)cc1. The van der Waals surface area contributed by atoms with Crippen LogP contribution in [0.1, 0.15) is 5.56 Å². The first kappa shape index (κ1) is 13.9. The van der Waals surface area contributed by atoms with Crippen LogP contribution in [0.25, 0.3) is 0 Å². The van der Waals surface area contributed by atoms with E-state index < -0.39 is 0 Å². The minimum absolute atomic E-state index is 0.0774. The molecule has 0 heterocycles. The number of benzene rings is 2. The zero-order valence-corrected chi connectivity index (χ0v) is 11.6. The largest absolute Gasteiger partial charge is 0.497 e. The Bertz CT molecular complexity index is 579. The van der Waals surface area contributed by atoms with Crippen LogP contribution >= 0.6 is 0 Å². The molecule has 1 amide bonds. The highest BCUT2D eigenvalue weighted by molar-refractivity contribution is 5.93. The smallest absolute Gasteiger partial charge is 0.243 e. The lowest BCUT2D eigenvalue weighted by molar-refractivity contribution is -0.114. The molecule has 2 aromatic carbocycles. The van der Waals surface area contributed by atoms with Crippen LogP contribution in [-0.4, -0.2) is 19.6 Å². The van der Waals surface area contributed by atoms with Gasteiger partial charge in [-0.2, -0.15) is 0 Å². The van der Waals surface area contributed by atoms with Gasteiger partial charge in [-0.15, -0.1) is 0 Å². The first-order valence-electron chi connectivity index (χ1n) is 6.42. The molecule has 2 N–H and O–H groups in total. The summed E-state index contributed by atoms with van der Waals surface area (Å²) in [5, 5.41) is 5.91. The van der Waals surface area contributed by atoms with Gasteiger partial charge in [0.25, 0.3) is 0 Å². The molecule has 4 nitrogen and oxygen atoms in total. The number of carbonyl (C=O) groups excluding carboxylic acids is 1. The van der Waals surface area contributed by atoms with Crippen molar-refractivity contribution in [2.75, 3.05) is 24.3 Å². The summed E-state index contributed by atoms with van der Waals surface area (Å²) in [6.45, 7) is 2.21. The normalized spacial score (nSPS) is 9.90. The Kier molecular flexibility index (Phi) is 4.60. The standard InChI is InChI=1S/C16H18N2O2/c1-12-4-3-5-14(10-12)18-16(19)11-17-13-6-8-15(20-2)9-7-13/h3-10,17H,11H2,1-2H3,(H,18,19). The van der Waals surface area contributed by atoms with Crippen LogP contribution in [0.4, 0.5) is 11.4 Å². The summed E-state index contributed by atoms with van der Waals surface area (Å²) in [7, 11) is 1.62. The number of nitrogens with one attached hydrogen (secondary N) is 2. The highest BCUT2D eigenvalue weighted by Gasteiger charge is 2.02. The minimum Gasteiger partial charge on any atom is -0.497 e. The van der Waals surface area contributed by atoms with Crippen molar-refractivity contribution < 1.29 is 9.53 Å². The van der Waals surface area contributed by atoms with Gasteiger partial charge < -0.3 is 15.4 Å². The van der Waals surface area contributed by atoms with Gasteiger partial charge >= 0.3 is 0 Å². The maximum Gasteiger partial charge on any atom is 0.243 e. The Hall–Kier alpha value is -2.49. The molecule has 0 atom stereocenters. The van der Waals surface area contributed by atoms with Gasteiger partial charge in [0.05, 0.1) is 13.7 Å². The van der Waals surface area contributed by atoms with Crippen molar-refractivity contribution in [2.24, 2.45) is 0 Å². The van der Waals surface area contributed by atoms with Crippen LogP contribution in [0.3, 0.4) is 0 Å². The predicted octanol–water partition coefficient (Wildman–Crippen LogP) is 3.05. The molecule has 0 aliphatic rings. The lowest BCUT2D eigenvalue weighted by Crippen LogP contribution is -2.21. The summed E-state index contributed by atoms with van der Waals surface area (Å²) in [5.74, 6) is 0.714. The van der Waals surface area contributed by atoms with Crippen LogP contribution < -0.4 is 15.4 Å². The van der Waals surface area contributed by atoms with E-state index in [2.05, 4.69) is 10.6 Å². The Balaban J connectivity index is 1.85. The van der Waals surface area contributed by atoms with Crippen molar-refractivity contribution in [3.05, 3.63) is 54.1 Å². The summed E-state index contributed by atoms with van der Waals surface area (Å²) in [5.41, 5.74) is 2.81. The van der Waals surface area contributed by atoms with Crippen molar-refractivity contribution in [3.8, 4) is 5.75 Å². The van der Waals surface area contributed by atoms with Crippen LogP contribution in [0, 0.1) is 6.92 Å². The van der Waals surface area contributed by atoms with E-state index in [0.29, 0.717) is 0 Å². The van der Waals surface area contributed by atoms with Gasteiger partial charge in [-0.05, 0) is 48.9 Å². The Morgan fingerprint density at radius 3 is 2.50 bits per heavy atom. The minimum atomic E-state index is -0.0774. The number of amides is 1. The highest BCUT2D eigenvalue weighted by atomic mass is 16.5. The number of ether oxygens (including phenoxy) is 1. The van der Waals surface area contributed by atoms with E-state index in [1.54, 1.807) is 7.11 Å². The molecule has 0 spiro atoms. The molecule has 2 rings (SSSR count). The van der Waals surface area contributed by atoms with Crippen LogP contribution in [0.5, 0.6) is 5.75 Å². The molecule has 0 aromatic heterocycles. The quantitative estimate of drug-likeness (QED) is 0.878. The molecule has 0 radical (unpaired) electrons. The van der Waals surface area contributed by atoms with Gasteiger partial charge in [-0.3, -0.25) is 4.79 Å². The van der Waals surface area contributed by atoms with E-state index in [9.17, 15) is 4.79 Å². The molecule has 20 heavy (non-hydrogen) atoms. The van der Waals surface area contributed by atoms with Crippen molar-refractivity contribution in [1.29, 1.82) is 0 Å². The van der Waals surface area contributed by atoms with Crippen molar-refractivity contribution in [1.82, 2.24) is 0 Å². The second-order valence-electron chi connectivity index (χ2n) is 4.50. The van der Waals surface area contributed by atoms with E-state index >= 15 is 0 Å². The van der Waals surface area contributed by atoms with Crippen LogP contribution in [0.2, 0.25) is 0 Å². The maximum absolute atomic E-state index is 11.8. The fourth-order valence-electron chi connectivity index (χ4n) is 1.82. The molecule has 0 bridgehead atoms. The molecular formula is C16H18N2O2.